The van der Waals surface area contributed by atoms with Crippen LogP contribution in [0.15, 0.2) is 175 Å². The molecule has 6 aromatic rings. The molecule has 0 spiro atoms. The van der Waals surface area contributed by atoms with Gasteiger partial charge in [-0.1, -0.05) is 109 Å². The number of methoxy groups -OCH3 is 1. The smallest absolute Gasteiger partial charge is 0.379 e. The standard InChI is InChI=1S/C52H54N5O12P/c1-6-14-47(34-39-20-26-44(27-21-39)56(61)62)68-70(65,69-48(15-7-2)35-40-22-28-45(29-23-40)57(63)64)52(38(4)58,55-36-37(3)49(59)54-50(55)60)53-32-33-67-51(41-16-10-8-11-17-41,42-18-12-9-13-19-42)43-24-30-46(66-5)31-25-43/h6-13,16-31,36,47-48,53H,1-2,14-15,32-35H2,3-5H3,(H,54,59,60). The van der Waals surface area contributed by atoms with Crippen molar-refractivity contribution in [1.29, 1.82) is 0 Å². The second-order valence-electron chi connectivity index (χ2n) is 16.3. The highest BCUT2D eigenvalue weighted by Gasteiger charge is 2.59. The molecule has 70 heavy (non-hydrogen) atoms. The summed E-state index contributed by atoms with van der Waals surface area (Å²) in [5, 5.41) is 23.4. The van der Waals surface area contributed by atoms with Gasteiger partial charge in [0, 0.05) is 42.6 Å². The molecule has 0 saturated heterocycles. The van der Waals surface area contributed by atoms with Crippen LogP contribution in [-0.2, 0) is 47.0 Å². The summed E-state index contributed by atoms with van der Waals surface area (Å²) >= 11 is 0. The first-order valence-electron chi connectivity index (χ1n) is 22.2. The summed E-state index contributed by atoms with van der Waals surface area (Å²) in [6.45, 7) is 9.73. The number of aromatic amines is 1. The highest BCUT2D eigenvalue weighted by Crippen LogP contribution is 2.64. The van der Waals surface area contributed by atoms with Crippen LogP contribution in [0.5, 0.6) is 5.75 Å². The second kappa shape index (κ2) is 23.3. The first-order chi connectivity index (χ1) is 33.6. The van der Waals surface area contributed by atoms with Crippen LogP contribution in [0.1, 0.15) is 53.1 Å². The maximum Gasteiger partial charge on any atom is 0.379 e. The fraction of sp³-hybridized carbons (Fsp3) is 0.250. The van der Waals surface area contributed by atoms with E-state index in [0.29, 0.717) is 22.4 Å². The van der Waals surface area contributed by atoms with Crippen LogP contribution in [0.25, 0.3) is 0 Å². The van der Waals surface area contributed by atoms with E-state index in [1.165, 1.54) is 67.6 Å². The molecule has 1 aromatic heterocycles. The normalized spacial score (nSPS) is 14.0. The van der Waals surface area contributed by atoms with Crippen molar-refractivity contribution < 1.29 is 37.7 Å². The lowest BCUT2D eigenvalue weighted by molar-refractivity contribution is -0.385. The molecule has 18 heteroatoms. The van der Waals surface area contributed by atoms with Crippen molar-refractivity contribution >= 4 is 24.8 Å². The van der Waals surface area contributed by atoms with Crippen molar-refractivity contribution in [2.45, 2.75) is 62.7 Å². The minimum absolute atomic E-state index is 0.00793. The van der Waals surface area contributed by atoms with Crippen LogP contribution in [0.4, 0.5) is 11.4 Å². The molecule has 0 fully saturated rings. The number of nitrogens with zero attached hydrogens (tertiary/aromatic N) is 3. The molecule has 2 N–H and O–H groups in total. The number of hydrogen-bond donors (Lipinski definition) is 2. The molecule has 0 saturated carbocycles. The molecule has 1 heterocycles. The number of nitro groups is 2. The SMILES string of the molecule is C=CCC(Cc1ccc([N+](=O)[O-])cc1)OP(=O)(OC(CC=C)Cc1ccc([N+](=O)[O-])cc1)C(NCCOC(c1ccccc1)(c1ccccc1)c1ccc(OC)cc1)(C(C)=O)n1cc(C)c(=O)[nH]c1=O. The monoisotopic (exact) mass is 971 g/mol. The van der Waals surface area contributed by atoms with Gasteiger partial charge in [-0.3, -0.25) is 49.3 Å². The number of ketones is 1. The Labute approximate surface area is 404 Å². The molecule has 0 aliphatic heterocycles. The van der Waals surface area contributed by atoms with Gasteiger partial charge in [0.05, 0.1) is 35.8 Å². The lowest BCUT2D eigenvalue weighted by Crippen LogP contribution is -2.59. The number of Topliss-reactive ketones (excluding diaryl/α,β-unsaturated/α-hetero) is 1. The number of H-pyrrole nitrogens is 1. The summed E-state index contributed by atoms with van der Waals surface area (Å²) in [6, 6.07) is 37.6. The maximum absolute atomic E-state index is 16.7. The van der Waals surface area contributed by atoms with E-state index in [-0.39, 0.29) is 55.8 Å². The summed E-state index contributed by atoms with van der Waals surface area (Å²) in [6.07, 6.45) is 1.84. The molecule has 3 unspecified atom stereocenters. The number of rotatable bonds is 26. The van der Waals surface area contributed by atoms with Gasteiger partial charge < -0.3 is 18.5 Å². The maximum atomic E-state index is 16.7. The van der Waals surface area contributed by atoms with Crippen molar-refractivity contribution in [3.05, 3.63) is 239 Å². The molecule has 0 aliphatic carbocycles. The zero-order valence-electron chi connectivity index (χ0n) is 38.9. The van der Waals surface area contributed by atoms with Crippen LogP contribution in [0.2, 0.25) is 0 Å². The van der Waals surface area contributed by atoms with Crippen molar-refractivity contribution in [3.8, 4) is 5.75 Å². The molecule has 0 aliphatic rings. The minimum Gasteiger partial charge on any atom is -0.497 e. The molecular formula is C52H54N5O12P. The number of ether oxygens (including phenoxy) is 2. The molecule has 3 atom stereocenters. The molecule has 0 amide bonds. The van der Waals surface area contributed by atoms with Crippen molar-refractivity contribution in [1.82, 2.24) is 14.9 Å². The van der Waals surface area contributed by atoms with Gasteiger partial charge in [-0.2, -0.15) is 0 Å². The predicted molar refractivity (Wildman–Crippen MR) is 265 cm³/mol. The van der Waals surface area contributed by atoms with Crippen LogP contribution in [0, 0.1) is 27.2 Å². The van der Waals surface area contributed by atoms with Crippen LogP contribution in [-0.4, -0.2) is 57.7 Å². The number of nitro benzene ring substituents is 2. The van der Waals surface area contributed by atoms with Gasteiger partial charge >= 0.3 is 13.3 Å². The first kappa shape index (κ1) is 52.0. The molecule has 0 radical (unpaired) electrons. The third-order valence-electron chi connectivity index (χ3n) is 11.7. The predicted octanol–water partition coefficient (Wildman–Crippen LogP) is 9.07. The fourth-order valence-electron chi connectivity index (χ4n) is 8.26. The van der Waals surface area contributed by atoms with Gasteiger partial charge in [0.2, 0.25) is 0 Å². The minimum atomic E-state index is -5.26. The number of aryl methyl sites for hydroxylation is 1. The number of nitrogens with one attached hydrogen (secondary N) is 2. The Bertz CT molecular complexity index is 2830. The zero-order chi connectivity index (χ0) is 50.5. The molecule has 5 aromatic carbocycles. The van der Waals surface area contributed by atoms with E-state index in [4.69, 9.17) is 18.5 Å². The van der Waals surface area contributed by atoms with E-state index in [0.717, 1.165) is 28.8 Å². The van der Waals surface area contributed by atoms with Crippen molar-refractivity contribution in [2.24, 2.45) is 0 Å². The summed E-state index contributed by atoms with van der Waals surface area (Å²) < 4.78 is 43.4. The van der Waals surface area contributed by atoms with E-state index in [2.05, 4.69) is 23.5 Å². The molecule has 364 valence electrons. The van der Waals surface area contributed by atoms with E-state index in [1.54, 1.807) is 19.2 Å². The Hall–Kier alpha value is -7.40. The van der Waals surface area contributed by atoms with Gasteiger partial charge in [-0.25, -0.2) is 4.79 Å². The number of hydrogen-bond acceptors (Lipinski definition) is 13. The topological polar surface area (TPSA) is 224 Å². The Morgan fingerprint density at radius 2 is 1.21 bits per heavy atom. The Morgan fingerprint density at radius 1 is 0.757 bits per heavy atom. The molecule has 6 rings (SSSR count). The highest BCUT2D eigenvalue weighted by molar-refractivity contribution is 7.56. The van der Waals surface area contributed by atoms with Gasteiger partial charge in [0.25, 0.3) is 22.3 Å². The van der Waals surface area contributed by atoms with Crippen LogP contribution >= 0.6 is 7.60 Å². The summed E-state index contributed by atoms with van der Waals surface area (Å²) in [7, 11) is -3.70. The quantitative estimate of drug-likeness (QED) is 0.0129. The number of aromatic nitrogens is 2. The van der Waals surface area contributed by atoms with Gasteiger partial charge in [0.15, 0.2) is 5.78 Å². The summed E-state index contributed by atoms with van der Waals surface area (Å²) in [5.74, 6) is -0.312. The Balaban J connectivity index is 1.52. The van der Waals surface area contributed by atoms with E-state index >= 15 is 4.57 Å². The van der Waals surface area contributed by atoms with Gasteiger partial charge in [-0.05, 0) is 79.5 Å². The Morgan fingerprint density at radius 3 is 1.63 bits per heavy atom. The number of carbonyl (C=O) groups is 1. The average Bonchev–Trinajstić information content (AvgIpc) is 3.35. The zero-order valence-corrected chi connectivity index (χ0v) is 39.8. The average molecular weight is 972 g/mol. The lowest BCUT2D eigenvalue weighted by Gasteiger charge is -2.42. The fourth-order valence-corrected chi connectivity index (χ4v) is 10.8. The molecular weight excluding hydrogens is 918 g/mol. The van der Waals surface area contributed by atoms with Crippen molar-refractivity contribution in [2.75, 3.05) is 20.3 Å². The largest absolute Gasteiger partial charge is 0.497 e. The number of non-ortho nitro benzene ring substituents is 2. The van der Waals surface area contributed by atoms with Crippen LogP contribution in [0.3, 0.4) is 0 Å². The third-order valence-corrected chi connectivity index (χ3v) is 14.3. The van der Waals surface area contributed by atoms with E-state index < -0.39 is 57.7 Å². The van der Waals surface area contributed by atoms with E-state index in [9.17, 15) is 34.6 Å². The summed E-state index contributed by atoms with van der Waals surface area (Å²) in [4.78, 5) is 66.3. The number of benzene rings is 5. The second-order valence-corrected chi connectivity index (χ2v) is 18.4. The van der Waals surface area contributed by atoms with E-state index in [1.807, 2.05) is 72.8 Å². The summed E-state index contributed by atoms with van der Waals surface area (Å²) in [5.41, 5.74) is -0.284. The molecule has 0 bridgehead atoms. The van der Waals surface area contributed by atoms with Gasteiger partial charge in [0.1, 0.15) is 11.4 Å². The third kappa shape index (κ3) is 11.5. The number of carbonyl (C=O) groups excluding carboxylic acids is 1. The lowest BCUT2D eigenvalue weighted by atomic mass is 9.80. The van der Waals surface area contributed by atoms with Gasteiger partial charge in [-0.15, -0.1) is 13.2 Å². The first-order valence-corrected chi connectivity index (χ1v) is 23.8. The highest BCUT2D eigenvalue weighted by atomic mass is 31.2. The van der Waals surface area contributed by atoms with Crippen LogP contribution < -0.4 is 21.3 Å². The Kier molecular flexibility index (Phi) is 17.3. The molecule has 17 nitrogen and oxygen atoms in total. The van der Waals surface area contributed by atoms with Crippen molar-refractivity contribution in [3.63, 3.8) is 0 Å².